The van der Waals surface area contributed by atoms with E-state index in [0.29, 0.717) is 5.69 Å². The molecule has 0 aliphatic carbocycles. The maximum atomic E-state index is 12.3. The van der Waals surface area contributed by atoms with Crippen LogP contribution in [0.25, 0.3) is 0 Å². The van der Waals surface area contributed by atoms with Gasteiger partial charge < -0.3 is 15.7 Å². The summed E-state index contributed by atoms with van der Waals surface area (Å²) in [5.41, 5.74) is 1.42. The molecule has 24 heavy (non-hydrogen) atoms. The Hall–Kier alpha value is -2.41. The van der Waals surface area contributed by atoms with Crippen LogP contribution in [0.5, 0.6) is 0 Å². The number of carbonyl (C=O) groups is 3. The number of aliphatic carboxylic acids is 1. The van der Waals surface area contributed by atoms with Gasteiger partial charge in [0.25, 0.3) is 0 Å². The minimum Gasteiger partial charge on any atom is -0.480 e. The number of hydrogen-bond acceptors (Lipinski definition) is 4. The summed E-state index contributed by atoms with van der Waals surface area (Å²) >= 11 is 0. The van der Waals surface area contributed by atoms with Gasteiger partial charge in [-0.2, -0.15) is 0 Å². The third-order valence-corrected chi connectivity index (χ3v) is 4.15. The molecule has 1 aliphatic heterocycles. The molecule has 7 nitrogen and oxygen atoms in total. The molecule has 1 aromatic carbocycles. The molecule has 2 amide bonds. The van der Waals surface area contributed by atoms with Crippen molar-refractivity contribution in [3.63, 3.8) is 0 Å². The molecule has 0 saturated carbocycles. The Morgan fingerprint density at radius 1 is 1.29 bits per heavy atom. The zero-order chi connectivity index (χ0) is 17.7. The lowest BCUT2D eigenvalue weighted by Gasteiger charge is -2.22. The van der Waals surface area contributed by atoms with Gasteiger partial charge in [0.1, 0.15) is 6.04 Å². The molecule has 0 bridgehead atoms. The number of carboxylic acids is 1. The molecule has 0 radical (unpaired) electrons. The smallest absolute Gasteiger partial charge is 0.326 e. The number of likely N-dealkylation sites (N-methyl/N-ethyl adjacent to an activating group) is 1. The van der Waals surface area contributed by atoms with Crippen LogP contribution < -0.4 is 10.6 Å². The highest BCUT2D eigenvalue weighted by atomic mass is 16.4. The molecule has 0 spiro atoms. The van der Waals surface area contributed by atoms with Gasteiger partial charge in [0.05, 0.1) is 6.04 Å². The van der Waals surface area contributed by atoms with Crippen LogP contribution in [0.4, 0.5) is 5.69 Å². The number of anilines is 1. The molecular weight excluding hydrogens is 310 g/mol. The van der Waals surface area contributed by atoms with Crippen LogP contribution in [0.2, 0.25) is 0 Å². The van der Waals surface area contributed by atoms with Gasteiger partial charge in [0.2, 0.25) is 11.8 Å². The van der Waals surface area contributed by atoms with Gasteiger partial charge in [-0.3, -0.25) is 14.5 Å². The van der Waals surface area contributed by atoms with Gasteiger partial charge in [-0.1, -0.05) is 12.1 Å². The van der Waals surface area contributed by atoms with Crippen LogP contribution >= 0.6 is 0 Å². The Kier molecular flexibility index (Phi) is 5.92. The summed E-state index contributed by atoms with van der Waals surface area (Å²) in [6, 6.07) is 5.68. The molecule has 1 fully saturated rings. The standard InChI is InChI=1S/C17H23N3O4/c1-11(21)18-13-7-5-12(6-8-13)10-14(17(23)24)19-16(22)15-4-3-9-20(15)2/h5-8,14-15H,3-4,9-10H2,1-2H3,(H,18,21)(H,19,22)(H,23,24)/t14-,15-/m0/s1. The molecular formula is C17H23N3O4. The minimum atomic E-state index is -1.06. The zero-order valence-electron chi connectivity index (χ0n) is 13.9. The quantitative estimate of drug-likeness (QED) is 0.717. The summed E-state index contributed by atoms with van der Waals surface area (Å²) in [6.07, 6.45) is 1.88. The molecule has 0 aromatic heterocycles. The first kappa shape index (κ1) is 17.9. The monoisotopic (exact) mass is 333 g/mol. The van der Waals surface area contributed by atoms with Crippen molar-refractivity contribution in [1.82, 2.24) is 10.2 Å². The Bertz CT molecular complexity index is 615. The number of nitrogens with zero attached hydrogens (tertiary/aromatic N) is 1. The first-order valence-electron chi connectivity index (χ1n) is 7.97. The lowest BCUT2D eigenvalue weighted by Crippen LogP contribution is -2.49. The Balaban J connectivity index is 1.99. The van der Waals surface area contributed by atoms with Crippen LogP contribution in [0, 0.1) is 0 Å². The van der Waals surface area contributed by atoms with E-state index in [1.165, 1.54) is 6.92 Å². The molecule has 1 aliphatic rings. The fourth-order valence-electron chi connectivity index (χ4n) is 2.87. The SMILES string of the molecule is CC(=O)Nc1ccc(C[C@H](NC(=O)[C@@H]2CCCN2C)C(=O)O)cc1. The highest BCUT2D eigenvalue weighted by molar-refractivity contribution is 5.89. The summed E-state index contributed by atoms with van der Waals surface area (Å²) in [5, 5.41) is 14.7. The topological polar surface area (TPSA) is 98.7 Å². The van der Waals surface area contributed by atoms with Crippen molar-refractivity contribution in [3.8, 4) is 0 Å². The van der Waals surface area contributed by atoms with E-state index in [1.54, 1.807) is 24.3 Å². The number of carbonyl (C=O) groups excluding carboxylic acids is 2. The van der Waals surface area contributed by atoms with Crippen molar-refractivity contribution in [1.29, 1.82) is 0 Å². The van der Waals surface area contributed by atoms with Crippen LogP contribution in [0.3, 0.4) is 0 Å². The van der Waals surface area contributed by atoms with E-state index in [4.69, 9.17) is 0 Å². The van der Waals surface area contributed by atoms with Crippen LogP contribution in [-0.4, -0.2) is 53.5 Å². The molecule has 7 heteroatoms. The van der Waals surface area contributed by atoms with E-state index < -0.39 is 12.0 Å². The summed E-state index contributed by atoms with van der Waals surface area (Å²) in [4.78, 5) is 36.7. The first-order valence-corrected chi connectivity index (χ1v) is 7.97. The second-order valence-corrected chi connectivity index (χ2v) is 6.12. The lowest BCUT2D eigenvalue weighted by atomic mass is 10.0. The van der Waals surface area contributed by atoms with E-state index in [-0.39, 0.29) is 24.3 Å². The molecule has 2 rings (SSSR count). The average Bonchev–Trinajstić information content (AvgIpc) is 2.94. The maximum absolute atomic E-state index is 12.3. The van der Waals surface area contributed by atoms with Crippen LogP contribution in [0.15, 0.2) is 24.3 Å². The summed E-state index contributed by atoms with van der Waals surface area (Å²) in [7, 11) is 1.87. The van der Waals surface area contributed by atoms with Gasteiger partial charge in [-0.05, 0) is 44.1 Å². The van der Waals surface area contributed by atoms with E-state index in [2.05, 4.69) is 10.6 Å². The number of likely N-dealkylation sites (tertiary alicyclic amines) is 1. The molecule has 1 heterocycles. The van der Waals surface area contributed by atoms with Crippen molar-refractivity contribution >= 4 is 23.5 Å². The summed E-state index contributed by atoms with van der Waals surface area (Å²) < 4.78 is 0. The van der Waals surface area contributed by atoms with Crippen LogP contribution in [-0.2, 0) is 20.8 Å². The van der Waals surface area contributed by atoms with Gasteiger partial charge >= 0.3 is 5.97 Å². The third-order valence-electron chi connectivity index (χ3n) is 4.15. The highest BCUT2D eigenvalue weighted by Gasteiger charge is 2.30. The normalized spacial score (nSPS) is 18.8. The fraction of sp³-hybridized carbons (Fsp3) is 0.471. The molecule has 3 N–H and O–H groups in total. The number of amides is 2. The number of nitrogens with one attached hydrogen (secondary N) is 2. The fourth-order valence-corrected chi connectivity index (χ4v) is 2.87. The minimum absolute atomic E-state index is 0.167. The Morgan fingerprint density at radius 3 is 2.46 bits per heavy atom. The number of rotatable bonds is 6. The number of carboxylic acid groups (broad SMARTS) is 1. The molecule has 0 unspecified atom stereocenters. The molecule has 2 atom stereocenters. The second-order valence-electron chi connectivity index (χ2n) is 6.12. The van der Waals surface area contributed by atoms with Gasteiger partial charge in [0.15, 0.2) is 0 Å². The number of benzene rings is 1. The largest absolute Gasteiger partial charge is 0.480 e. The van der Waals surface area contributed by atoms with Gasteiger partial charge in [0, 0.05) is 19.0 Å². The number of hydrogen-bond donors (Lipinski definition) is 3. The lowest BCUT2D eigenvalue weighted by molar-refractivity contribution is -0.142. The van der Waals surface area contributed by atoms with Crippen molar-refractivity contribution in [3.05, 3.63) is 29.8 Å². The zero-order valence-corrected chi connectivity index (χ0v) is 13.9. The van der Waals surface area contributed by atoms with Crippen molar-refractivity contribution < 1.29 is 19.5 Å². The Labute approximate surface area is 141 Å². The van der Waals surface area contributed by atoms with Gasteiger partial charge in [-0.25, -0.2) is 4.79 Å². The second kappa shape index (κ2) is 7.92. The van der Waals surface area contributed by atoms with E-state index >= 15 is 0 Å². The molecule has 1 aromatic rings. The van der Waals surface area contributed by atoms with E-state index in [0.717, 1.165) is 24.9 Å². The maximum Gasteiger partial charge on any atom is 0.326 e. The highest BCUT2D eigenvalue weighted by Crippen LogP contribution is 2.16. The summed E-state index contributed by atoms with van der Waals surface area (Å²) in [6.45, 7) is 2.27. The molecule has 130 valence electrons. The summed E-state index contributed by atoms with van der Waals surface area (Å²) in [5.74, 6) is -1.47. The Morgan fingerprint density at radius 2 is 1.96 bits per heavy atom. The first-order chi connectivity index (χ1) is 11.4. The predicted molar refractivity (Wildman–Crippen MR) is 89.7 cm³/mol. The van der Waals surface area contributed by atoms with E-state index in [1.807, 2.05) is 11.9 Å². The third kappa shape index (κ3) is 4.79. The van der Waals surface area contributed by atoms with Crippen molar-refractivity contribution in [2.24, 2.45) is 0 Å². The molecule has 1 saturated heterocycles. The predicted octanol–water partition coefficient (Wildman–Crippen LogP) is 0.851. The average molecular weight is 333 g/mol. The van der Waals surface area contributed by atoms with Gasteiger partial charge in [-0.15, -0.1) is 0 Å². The van der Waals surface area contributed by atoms with Crippen molar-refractivity contribution in [2.45, 2.75) is 38.3 Å². The van der Waals surface area contributed by atoms with E-state index in [9.17, 15) is 19.5 Å². The van der Waals surface area contributed by atoms with Crippen LogP contribution in [0.1, 0.15) is 25.3 Å². The van der Waals surface area contributed by atoms with Crippen molar-refractivity contribution in [2.75, 3.05) is 18.9 Å².